The summed E-state index contributed by atoms with van der Waals surface area (Å²) in [7, 11) is 0. The minimum absolute atomic E-state index is 0.0393. The van der Waals surface area contributed by atoms with E-state index in [0.29, 0.717) is 5.56 Å². The zero-order chi connectivity index (χ0) is 25.4. The predicted octanol–water partition coefficient (Wildman–Crippen LogP) is 3.34. The molecule has 0 aromatic heterocycles. The van der Waals surface area contributed by atoms with Crippen molar-refractivity contribution >= 4 is 28.9 Å². The van der Waals surface area contributed by atoms with E-state index < -0.39 is 45.2 Å². The van der Waals surface area contributed by atoms with Crippen LogP contribution in [-0.4, -0.2) is 38.9 Å². The lowest BCUT2D eigenvalue weighted by molar-refractivity contribution is -0.393. The predicted molar refractivity (Wildman–Crippen MR) is 127 cm³/mol. The summed E-state index contributed by atoms with van der Waals surface area (Å²) < 4.78 is 0. The van der Waals surface area contributed by atoms with Gasteiger partial charge in [-0.2, -0.15) is 0 Å². The van der Waals surface area contributed by atoms with E-state index in [2.05, 4.69) is 10.6 Å². The van der Waals surface area contributed by atoms with E-state index in [1.807, 2.05) is 0 Å². The standard InChI is InChI=1S/C24H22N4O7/c29-23(26-21(24(30)31)14-17-9-5-2-6-10-17)20(13-16-7-3-1-4-8-16)25-19-12-11-18(27(32)33)15-22(19)28(34)35/h1-12,15,20-21,25H,13-14H2,(H,26,29)(H,30,31)/t20-,21-/m0/s1. The van der Waals surface area contributed by atoms with Gasteiger partial charge in [-0.1, -0.05) is 60.7 Å². The zero-order valence-electron chi connectivity index (χ0n) is 18.4. The van der Waals surface area contributed by atoms with Crippen molar-refractivity contribution in [3.05, 3.63) is 110 Å². The quantitative estimate of drug-likeness (QED) is 0.279. The summed E-state index contributed by atoms with van der Waals surface area (Å²) >= 11 is 0. The number of nitro groups is 2. The molecular weight excluding hydrogens is 456 g/mol. The topological polar surface area (TPSA) is 165 Å². The molecule has 0 fully saturated rings. The smallest absolute Gasteiger partial charge is 0.326 e. The Morgan fingerprint density at radius 2 is 1.34 bits per heavy atom. The van der Waals surface area contributed by atoms with E-state index >= 15 is 0 Å². The Morgan fingerprint density at radius 3 is 1.83 bits per heavy atom. The second-order valence-electron chi connectivity index (χ2n) is 7.69. The third kappa shape index (κ3) is 6.84. The number of carboxylic acids is 1. The van der Waals surface area contributed by atoms with Crippen molar-refractivity contribution in [3.8, 4) is 0 Å². The van der Waals surface area contributed by atoms with Gasteiger partial charge in [-0.25, -0.2) is 4.79 Å². The molecule has 3 aromatic carbocycles. The molecule has 3 N–H and O–H groups in total. The lowest BCUT2D eigenvalue weighted by Crippen LogP contribution is -2.49. The lowest BCUT2D eigenvalue weighted by atomic mass is 10.0. The number of carbonyl (C=O) groups is 2. The number of nitro benzene ring substituents is 2. The van der Waals surface area contributed by atoms with Gasteiger partial charge in [0.1, 0.15) is 17.8 Å². The normalized spacial score (nSPS) is 12.2. The molecule has 3 rings (SSSR count). The van der Waals surface area contributed by atoms with E-state index in [1.165, 1.54) is 0 Å². The molecule has 0 heterocycles. The number of amides is 1. The molecule has 1 amide bonds. The highest BCUT2D eigenvalue weighted by Gasteiger charge is 2.28. The van der Waals surface area contributed by atoms with Crippen LogP contribution in [0.4, 0.5) is 17.1 Å². The van der Waals surface area contributed by atoms with Crippen molar-refractivity contribution in [2.24, 2.45) is 0 Å². The van der Waals surface area contributed by atoms with E-state index in [9.17, 15) is 34.9 Å². The Hall–Kier alpha value is -4.80. The molecule has 0 spiro atoms. The summed E-state index contributed by atoms with van der Waals surface area (Å²) in [5, 5.41) is 37.5. The van der Waals surface area contributed by atoms with E-state index in [4.69, 9.17) is 0 Å². The van der Waals surface area contributed by atoms with Crippen LogP contribution in [0.25, 0.3) is 0 Å². The van der Waals surface area contributed by atoms with Gasteiger partial charge >= 0.3 is 5.97 Å². The Balaban J connectivity index is 1.89. The number of nitrogens with zero attached hydrogens (tertiary/aromatic N) is 2. The fourth-order valence-electron chi connectivity index (χ4n) is 3.48. The number of benzene rings is 3. The fourth-order valence-corrected chi connectivity index (χ4v) is 3.48. The highest BCUT2D eigenvalue weighted by atomic mass is 16.6. The highest BCUT2D eigenvalue weighted by Crippen LogP contribution is 2.30. The van der Waals surface area contributed by atoms with E-state index in [1.54, 1.807) is 60.7 Å². The molecule has 11 nitrogen and oxygen atoms in total. The van der Waals surface area contributed by atoms with Crippen LogP contribution >= 0.6 is 0 Å². The largest absolute Gasteiger partial charge is 0.480 e. The number of nitrogens with one attached hydrogen (secondary N) is 2. The second kappa shape index (κ2) is 11.4. The van der Waals surface area contributed by atoms with Crippen LogP contribution in [0, 0.1) is 20.2 Å². The molecular formula is C24H22N4O7. The van der Waals surface area contributed by atoms with Crippen LogP contribution in [0.15, 0.2) is 78.9 Å². The molecule has 2 atom stereocenters. The van der Waals surface area contributed by atoms with Crippen molar-refractivity contribution in [2.45, 2.75) is 24.9 Å². The van der Waals surface area contributed by atoms with Crippen LogP contribution in [-0.2, 0) is 22.4 Å². The number of hydrogen-bond donors (Lipinski definition) is 3. The maximum Gasteiger partial charge on any atom is 0.326 e. The first-order valence-electron chi connectivity index (χ1n) is 10.5. The fraction of sp³-hybridized carbons (Fsp3) is 0.167. The highest BCUT2D eigenvalue weighted by molar-refractivity contribution is 5.89. The van der Waals surface area contributed by atoms with Crippen LogP contribution in [0.5, 0.6) is 0 Å². The van der Waals surface area contributed by atoms with Gasteiger partial charge in [-0.3, -0.25) is 25.0 Å². The van der Waals surface area contributed by atoms with E-state index in [0.717, 1.165) is 23.8 Å². The maximum atomic E-state index is 13.2. The average Bonchev–Trinajstić information content (AvgIpc) is 2.84. The molecule has 3 aromatic rings. The van der Waals surface area contributed by atoms with Gasteiger partial charge < -0.3 is 15.7 Å². The van der Waals surface area contributed by atoms with Crippen molar-refractivity contribution in [3.63, 3.8) is 0 Å². The van der Waals surface area contributed by atoms with Crippen molar-refractivity contribution in [1.29, 1.82) is 0 Å². The molecule has 0 saturated heterocycles. The molecule has 0 radical (unpaired) electrons. The molecule has 0 unspecified atom stereocenters. The summed E-state index contributed by atoms with van der Waals surface area (Å²) in [5.74, 6) is -1.92. The number of carboxylic acid groups (broad SMARTS) is 1. The van der Waals surface area contributed by atoms with E-state index in [-0.39, 0.29) is 18.5 Å². The third-order valence-electron chi connectivity index (χ3n) is 5.21. The minimum atomic E-state index is -1.24. The first-order valence-corrected chi connectivity index (χ1v) is 10.5. The molecule has 0 aliphatic carbocycles. The first-order chi connectivity index (χ1) is 16.7. The van der Waals surface area contributed by atoms with Crippen LogP contribution in [0.3, 0.4) is 0 Å². The summed E-state index contributed by atoms with van der Waals surface area (Å²) in [4.78, 5) is 46.1. The Kier molecular flexibility index (Phi) is 8.06. The Bertz CT molecular complexity index is 1220. The first kappa shape index (κ1) is 24.8. The maximum absolute atomic E-state index is 13.2. The lowest BCUT2D eigenvalue weighted by Gasteiger charge is -2.22. The number of hydrogen-bond acceptors (Lipinski definition) is 7. The van der Waals surface area contributed by atoms with Gasteiger partial charge in [0, 0.05) is 18.9 Å². The number of rotatable bonds is 11. The van der Waals surface area contributed by atoms with Crippen molar-refractivity contribution in [2.75, 3.05) is 5.32 Å². The summed E-state index contributed by atoms with van der Waals surface area (Å²) in [6.45, 7) is 0. The molecule has 180 valence electrons. The van der Waals surface area contributed by atoms with Crippen LogP contribution in [0.1, 0.15) is 11.1 Å². The zero-order valence-corrected chi connectivity index (χ0v) is 18.4. The van der Waals surface area contributed by atoms with Gasteiger partial charge in [-0.05, 0) is 17.2 Å². The molecule has 35 heavy (non-hydrogen) atoms. The molecule has 0 bridgehead atoms. The summed E-state index contributed by atoms with van der Waals surface area (Å²) in [6, 6.07) is 18.3. The SMILES string of the molecule is O=C(O)[C@H](Cc1ccccc1)NC(=O)[C@H](Cc1ccccc1)Nc1ccc([N+](=O)[O-])cc1[N+](=O)[O-]. The van der Waals surface area contributed by atoms with Crippen LogP contribution < -0.4 is 10.6 Å². The Morgan fingerprint density at radius 1 is 0.800 bits per heavy atom. The van der Waals surface area contributed by atoms with Crippen LogP contribution in [0.2, 0.25) is 0 Å². The monoisotopic (exact) mass is 478 g/mol. The van der Waals surface area contributed by atoms with Crippen molar-refractivity contribution in [1.82, 2.24) is 5.32 Å². The molecule has 11 heteroatoms. The van der Waals surface area contributed by atoms with Gasteiger partial charge in [0.25, 0.3) is 11.4 Å². The van der Waals surface area contributed by atoms with Gasteiger partial charge in [-0.15, -0.1) is 0 Å². The average molecular weight is 478 g/mol. The number of non-ortho nitro benzene ring substituents is 1. The Labute approximate surface area is 199 Å². The number of aliphatic carboxylic acids is 1. The summed E-state index contributed by atoms with van der Waals surface area (Å²) in [6.07, 6.45) is 0.121. The van der Waals surface area contributed by atoms with Gasteiger partial charge in [0.15, 0.2) is 0 Å². The number of carbonyl (C=O) groups excluding carboxylic acids is 1. The molecule has 0 aliphatic heterocycles. The third-order valence-corrected chi connectivity index (χ3v) is 5.21. The van der Waals surface area contributed by atoms with Gasteiger partial charge in [0.05, 0.1) is 15.9 Å². The molecule has 0 aliphatic rings. The minimum Gasteiger partial charge on any atom is -0.480 e. The molecule has 0 saturated carbocycles. The van der Waals surface area contributed by atoms with Gasteiger partial charge in [0.2, 0.25) is 5.91 Å². The van der Waals surface area contributed by atoms with Crippen molar-refractivity contribution < 1.29 is 24.5 Å². The number of anilines is 1. The second-order valence-corrected chi connectivity index (χ2v) is 7.69. The summed E-state index contributed by atoms with van der Waals surface area (Å²) in [5.41, 5.74) is 0.272.